The molecule has 1 heterocycles. The topological polar surface area (TPSA) is 64.0 Å². The summed E-state index contributed by atoms with van der Waals surface area (Å²) in [6.07, 6.45) is 1.64. The second-order valence-corrected chi connectivity index (χ2v) is 5.60. The predicted molar refractivity (Wildman–Crippen MR) is 77.3 cm³/mol. The lowest BCUT2D eigenvalue weighted by Crippen LogP contribution is -2.38. The summed E-state index contributed by atoms with van der Waals surface area (Å²) in [6, 6.07) is 7.14. The fourth-order valence-electron chi connectivity index (χ4n) is 2.78. The highest BCUT2D eigenvalue weighted by Gasteiger charge is 2.27. The van der Waals surface area contributed by atoms with E-state index in [4.69, 9.17) is 0 Å². The van der Waals surface area contributed by atoms with Crippen molar-refractivity contribution in [3.63, 3.8) is 0 Å². The number of rotatable bonds is 4. The SMILES string of the molecule is CC(C)C(=O)C1CCN(c2ccccc2N(O)O)CC1. The number of hydrogen-bond acceptors (Lipinski definition) is 5. The number of Topliss-reactive ketones (excluding diaryl/α,β-unsaturated/α-hetero) is 1. The van der Waals surface area contributed by atoms with Crippen LogP contribution < -0.4 is 10.1 Å². The van der Waals surface area contributed by atoms with Crippen molar-refractivity contribution in [1.29, 1.82) is 0 Å². The van der Waals surface area contributed by atoms with E-state index in [1.54, 1.807) is 12.1 Å². The zero-order valence-corrected chi connectivity index (χ0v) is 12.0. The van der Waals surface area contributed by atoms with Crippen LogP contribution in [0.4, 0.5) is 11.4 Å². The molecule has 0 radical (unpaired) electrons. The van der Waals surface area contributed by atoms with Gasteiger partial charge in [0.25, 0.3) is 0 Å². The van der Waals surface area contributed by atoms with Crippen LogP contribution in [0.5, 0.6) is 0 Å². The van der Waals surface area contributed by atoms with Gasteiger partial charge in [-0.15, -0.1) is 5.23 Å². The van der Waals surface area contributed by atoms with Gasteiger partial charge in [0.1, 0.15) is 11.5 Å². The van der Waals surface area contributed by atoms with Gasteiger partial charge in [-0.3, -0.25) is 15.2 Å². The van der Waals surface area contributed by atoms with Crippen LogP contribution in [0.3, 0.4) is 0 Å². The molecule has 0 spiro atoms. The minimum absolute atomic E-state index is 0.0872. The van der Waals surface area contributed by atoms with E-state index >= 15 is 0 Å². The van der Waals surface area contributed by atoms with E-state index in [0.29, 0.717) is 11.5 Å². The Bertz CT molecular complexity index is 466. The fraction of sp³-hybridized carbons (Fsp3) is 0.533. The molecule has 2 N–H and O–H groups in total. The van der Waals surface area contributed by atoms with E-state index in [1.807, 2.05) is 26.0 Å². The van der Waals surface area contributed by atoms with Gasteiger partial charge in [0.2, 0.25) is 0 Å². The summed E-state index contributed by atoms with van der Waals surface area (Å²) in [7, 11) is 0. The molecule has 1 aromatic rings. The first-order valence-corrected chi connectivity index (χ1v) is 7.06. The van der Waals surface area contributed by atoms with Gasteiger partial charge in [0.15, 0.2) is 0 Å². The van der Waals surface area contributed by atoms with Crippen LogP contribution in [0.25, 0.3) is 0 Å². The van der Waals surface area contributed by atoms with Crippen molar-refractivity contribution in [3.05, 3.63) is 24.3 Å². The van der Waals surface area contributed by atoms with Gasteiger partial charge < -0.3 is 4.90 Å². The molecule has 2 rings (SSSR count). The number of carbonyl (C=O) groups excluding carboxylic acids is 1. The minimum atomic E-state index is 0.0872. The van der Waals surface area contributed by atoms with E-state index in [2.05, 4.69) is 4.90 Å². The quantitative estimate of drug-likeness (QED) is 0.829. The highest BCUT2D eigenvalue weighted by Crippen LogP contribution is 2.31. The summed E-state index contributed by atoms with van der Waals surface area (Å²) in [5.74, 6) is 0.561. The van der Waals surface area contributed by atoms with E-state index < -0.39 is 0 Å². The Kier molecular flexibility index (Phi) is 4.62. The average molecular weight is 278 g/mol. The third kappa shape index (κ3) is 3.11. The maximum Gasteiger partial charge on any atom is 0.138 e. The van der Waals surface area contributed by atoms with Crippen LogP contribution in [-0.4, -0.2) is 29.3 Å². The number of hydrogen-bond donors (Lipinski definition) is 2. The van der Waals surface area contributed by atoms with Crippen molar-refractivity contribution >= 4 is 17.2 Å². The number of benzene rings is 1. The predicted octanol–water partition coefficient (Wildman–Crippen LogP) is 2.71. The third-order valence-corrected chi connectivity index (χ3v) is 3.90. The maximum atomic E-state index is 12.0. The Hall–Kier alpha value is -1.59. The van der Waals surface area contributed by atoms with Gasteiger partial charge in [-0.25, -0.2) is 0 Å². The van der Waals surface area contributed by atoms with Crippen molar-refractivity contribution < 1.29 is 15.2 Å². The summed E-state index contributed by atoms with van der Waals surface area (Å²) in [5, 5.41) is 18.7. The van der Waals surface area contributed by atoms with Crippen molar-refractivity contribution in [2.45, 2.75) is 26.7 Å². The third-order valence-electron chi connectivity index (χ3n) is 3.90. The number of anilines is 2. The summed E-state index contributed by atoms with van der Waals surface area (Å²) < 4.78 is 0. The molecule has 0 amide bonds. The van der Waals surface area contributed by atoms with Crippen LogP contribution >= 0.6 is 0 Å². The lowest BCUT2D eigenvalue weighted by molar-refractivity contribution is -0.126. The van der Waals surface area contributed by atoms with Gasteiger partial charge in [0, 0.05) is 24.9 Å². The molecule has 1 aliphatic heterocycles. The summed E-state index contributed by atoms with van der Waals surface area (Å²) in [6.45, 7) is 5.40. The Labute approximate surface area is 119 Å². The first kappa shape index (κ1) is 14.8. The van der Waals surface area contributed by atoms with E-state index in [0.717, 1.165) is 31.6 Å². The smallest absolute Gasteiger partial charge is 0.138 e. The van der Waals surface area contributed by atoms with Crippen molar-refractivity contribution in [2.75, 3.05) is 23.2 Å². The van der Waals surface area contributed by atoms with Gasteiger partial charge in [-0.2, -0.15) is 0 Å². The summed E-state index contributed by atoms with van der Waals surface area (Å²) in [4.78, 5) is 14.1. The molecule has 1 saturated heterocycles. The minimum Gasteiger partial charge on any atom is -0.370 e. The average Bonchev–Trinajstić information content (AvgIpc) is 2.46. The number of ketones is 1. The number of nitrogens with zero attached hydrogens (tertiary/aromatic N) is 2. The zero-order chi connectivity index (χ0) is 14.7. The van der Waals surface area contributed by atoms with Gasteiger partial charge in [0.05, 0.1) is 5.69 Å². The van der Waals surface area contributed by atoms with E-state index in [1.165, 1.54) is 0 Å². The van der Waals surface area contributed by atoms with Crippen LogP contribution in [0.2, 0.25) is 0 Å². The van der Waals surface area contributed by atoms with Crippen LogP contribution in [-0.2, 0) is 4.79 Å². The highest BCUT2D eigenvalue weighted by atomic mass is 16.8. The van der Waals surface area contributed by atoms with Gasteiger partial charge in [-0.1, -0.05) is 26.0 Å². The number of carbonyl (C=O) groups is 1. The van der Waals surface area contributed by atoms with Crippen molar-refractivity contribution in [3.8, 4) is 0 Å². The molecular weight excluding hydrogens is 256 g/mol. The lowest BCUT2D eigenvalue weighted by atomic mass is 9.87. The molecule has 0 aliphatic carbocycles. The molecule has 20 heavy (non-hydrogen) atoms. The largest absolute Gasteiger partial charge is 0.370 e. The first-order chi connectivity index (χ1) is 9.50. The molecule has 1 fully saturated rings. The molecule has 5 nitrogen and oxygen atoms in total. The second kappa shape index (κ2) is 6.24. The van der Waals surface area contributed by atoms with Crippen molar-refractivity contribution in [1.82, 2.24) is 0 Å². The summed E-state index contributed by atoms with van der Waals surface area (Å²) in [5.41, 5.74) is 1.15. The second-order valence-electron chi connectivity index (χ2n) is 5.60. The molecule has 5 heteroatoms. The molecule has 0 unspecified atom stereocenters. The van der Waals surface area contributed by atoms with Crippen LogP contribution in [0, 0.1) is 11.8 Å². The summed E-state index contributed by atoms with van der Waals surface area (Å²) >= 11 is 0. The van der Waals surface area contributed by atoms with E-state index in [-0.39, 0.29) is 17.1 Å². The van der Waals surface area contributed by atoms with Gasteiger partial charge in [-0.05, 0) is 25.0 Å². The highest BCUT2D eigenvalue weighted by molar-refractivity contribution is 5.83. The Morgan fingerprint density at radius 2 is 1.85 bits per heavy atom. The molecule has 0 aromatic heterocycles. The standard InChI is InChI=1S/C15H22N2O3/c1-11(2)15(18)12-7-9-16(10-8-12)13-5-3-4-6-14(13)17(19)20/h3-6,11-12,19-20H,7-10H2,1-2H3. The maximum absolute atomic E-state index is 12.0. The molecule has 0 saturated carbocycles. The Morgan fingerprint density at radius 1 is 1.25 bits per heavy atom. The molecular formula is C15H22N2O3. The molecule has 1 aromatic carbocycles. The molecule has 0 bridgehead atoms. The Morgan fingerprint density at radius 3 is 2.40 bits per heavy atom. The molecule has 1 aliphatic rings. The van der Waals surface area contributed by atoms with Gasteiger partial charge >= 0.3 is 0 Å². The normalized spacial score (nSPS) is 16.6. The molecule has 110 valence electrons. The number of piperidine rings is 1. The fourth-order valence-corrected chi connectivity index (χ4v) is 2.78. The van der Waals surface area contributed by atoms with Crippen molar-refractivity contribution in [2.24, 2.45) is 11.8 Å². The van der Waals surface area contributed by atoms with Crippen LogP contribution in [0.15, 0.2) is 24.3 Å². The number of para-hydroxylation sites is 2. The monoisotopic (exact) mass is 278 g/mol. The first-order valence-electron chi connectivity index (χ1n) is 7.06. The van der Waals surface area contributed by atoms with E-state index in [9.17, 15) is 15.2 Å². The molecule has 0 atom stereocenters. The zero-order valence-electron chi connectivity index (χ0n) is 12.0. The lowest BCUT2D eigenvalue weighted by Gasteiger charge is -2.34. The Balaban J connectivity index is 2.06. The van der Waals surface area contributed by atoms with Crippen LogP contribution in [0.1, 0.15) is 26.7 Å².